The van der Waals surface area contributed by atoms with E-state index >= 15 is 0 Å². The van der Waals surface area contributed by atoms with Crippen molar-refractivity contribution in [3.63, 3.8) is 0 Å². The minimum atomic E-state index is -1.13. The summed E-state index contributed by atoms with van der Waals surface area (Å²) in [5, 5.41) is 17.1. The van der Waals surface area contributed by atoms with Crippen LogP contribution >= 0.6 is 0 Å². The van der Waals surface area contributed by atoms with Gasteiger partial charge in [-0.3, -0.25) is 9.59 Å². The lowest BCUT2D eigenvalue weighted by molar-refractivity contribution is -0.199. The molecule has 1 saturated heterocycles. The van der Waals surface area contributed by atoms with Crippen molar-refractivity contribution in [3.8, 4) is 0 Å². The van der Waals surface area contributed by atoms with Crippen LogP contribution < -0.4 is 10.6 Å². The summed E-state index contributed by atoms with van der Waals surface area (Å²) < 4.78 is 13.1. The molecule has 7 atom stereocenters. The molecule has 3 saturated carbocycles. The average molecular weight is 509 g/mol. The molecule has 2 bridgehead atoms. The molecule has 0 spiro atoms. The summed E-state index contributed by atoms with van der Waals surface area (Å²) >= 11 is 0. The molecule has 2 aromatic rings. The Kier molecular flexibility index (Phi) is 6.70. The number of hydrogen-bond donors (Lipinski definition) is 4. The van der Waals surface area contributed by atoms with Crippen LogP contribution in [0.2, 0.25) is 0 Å². The van der Waals surface area contributed by atoms with Gasteiger partial charge in [0.05, 0.1) is 23.8 Å². The zero-order chi connectivity index (χ0) is 26.7. The van der Waals surface area contributed by atoms with Crippen LogP contribution in [-0.4, -0.2) is 58.8 Å². The molecule has 9 heteroatoms. The fourth-order valence-corrected chi connectivity index (χ4v) is 6.91. The van der Waals surface area contributed by atoms with Crippen molar-refractivity contribution in [2.75, 3.05) is 0 Å². The number of carbonyl (C=O) groups is 2. The molecule has 2 heterocycles. The van der Waals surface area contributed by atoms with E-state index in [0.717, 1.165) is 23.7 Å². The number of para-hydroxylation sites is 1. The number of rotatable bonds is 8. The van der Waals surface area contributed by atoms with Gasteiger partial charge in [0.25, 0.3) is 5.91 Å². The molecule has 6 rings (SSSR count). The highest BCUT2D eigenvalue weighted by Crippen LogP contribution is 2.65. The Hall–Kier alpha value is -2.36. The molecule has 37 heavy (non-hydrogen) atoms. The second-order valence-corrected chi connectivity index (χ2v) is 12.5. The lowest BCUT2D eigenvalue weighted by Gasteiger charge is -2.64. The van der Waals surface area contributed by atoms with E-state index in [1.807, 2.05) is 24.3 Å². The average Bonchev–Trinajstić information content (AvgIpc) is 3.41. The zero-order valence-corrected chi connectivity index (χ0v) is 22.7. The molecule has 0 unspecified atom stereocenters. The van der Waals surface area contributed by atoms with Gasteiger partial charge in [0, 0.05) is 10.9 Å². The number of aliphatic hydroxyl groups is 1. The van der Waals surface area contributed by atoms with Crippen molar-refractivity contribution in [1.29, 1.82) is 0 Å². The number of H-pyrrole nitrogens is 1. The fourth-order valence-electron chi connectivity index (χ4n) is 6.91. The standard InChI is InChI=1S/C28H40BN3O5/c1-15(2)11-23(29-36-22-14-18-13-21(27(18,4)5)28(22,6)37-29)31-26(35)24(16(3)33)32-25(34)20-12-17-9-7-8-10-19(17)30-20/h7-10,12,15-16,18,21-24,30,33H,11,13-14H2,1-6H3,(H,31,35)(H,32,34)/t16-,18+,21+,22-,23+,24+,28+/m1/s1. The molecule has 1 aromatic carbocycles. The third-order valence-corrected chi connectivity index (χ3v) is 9.18. The largest absolute Gasteiger partial charge is 0.481 e. The first-order valence-corrected chi connectivity index (χ1v) is 13.6. The van der Waals surface area contributed by atoms with Gasteiger partial charge in [0.2, 0.25) is 5.91 Å². The second kappa shape index (κ2) is 9.44. The van der Waals surface area contributed by atoms with Gasteiger partial charge in [-0.05, 0) is 68.4 Å². The number of aromatic nitrogens is 1. The molecule has 1 aliphatic heterocycles. The number of amides is 2. The lowest BCUT2D eigenvalue weighted by atomic mass is 9.43. The van der Waals surface area contributed by atoms with Crippen molar-refractivity contribution in [2.24, 2.45) is 23.2 Å². The molecular weight excluding hydrogens is 469 g/mol. The van der Waals surface area contributed by atoms with Crippen LogP contribution in [0.1, 0.15) is 71.3 Å². The minimum Gasteiger partial charge on any atom is -0.404 e. The zero-order valence-electron chi connectivity index (χ0n) is 22.7. The molecule has 0 radical (unpaired) electrons. The predicted octanol–water partition coefficient (Wildman–Crippen LogP) is 3.45. The van der Waals surface area contributed by atoms with Crippen LogP contribution in [0.5, 0.6) is 0 Å². The van der Waals surface area contributed by atoms with Gasteiger partial charge in [-0.2, -0.15) is 0 Å². The number of nitrogens with one attached hydrogen (secondary N) is 3. The Balaban J connectivity index is 1.30. The van der Waals surface area contributed by atoms with Gasteiger partial charge >= 0.3 is 7.12 Å². The normalized spacial score (nSPS) is 30.4. The monoisotopic (exact) mass is 509 g/mol. The Labute approximate surface area is 219 Å². The third kappa shape index (κ3) is 4.59. The number of carbonyl (C=O) groups excluding carboxylic acids is 2. The van der Waals surface area contributed by atoms with Crippen molar-refractivity contribution >= 4 is 29.8 Å². The highest BCUT2D eigenvalue weighted by atomic mass is 16.7. The van der Waals surface area contributed by atoms with Crippen LogP contribution in [0, 0.1) is 23.2 Å². The molecule has 3 aliphatic carbocycles. The van der Waals surface area contributed by atoms with Crippen LogP contribution in [0.15, 0.2) is 30.3 Å². The van der Waals surface area contributed by atoms with E-state index in [1.165, 1.54) is 6.92 Å². The molecule has 4 N–H and O–H groups in total. The lowest BCUT2D eigenvalue weighted by Crippen LogP contribution is -2.65. The van der Waals surface area contributed by atoms with E-state index in [4.69, 9.17) is 9.31 Å². The SMILES string of the molecule is CC(C)C[C@H](NC(=O)[C@@H](NC(=O)c1cc2ccccc2[nH]1)[C@@H](C)O)B1O[C@@H]2C[C@@H]3C[C@@H](C3(C)C)[C@]2(C)O1. The summed E-state index contributed by atoms with van der Waals surface area (Å²) in [6.45, 7) is 12.5. The molecule has 4 aliphatic rings. The van der Waals surface area contributed by atoms with Crippen LogP contribution in [-0.2, 0) is 14.1 Å². The van der Waals surface area contributed by atoms with Gasteiger partial charge in [-0.15, -0.1) is 0 Å². The smallest absolute Gasteiger partial charge is 0.404 e. The Morgan fingerprint density at radius 1 is 1.16 bits per heavy atom. The number of hydrogen-bond acceptors (Lipinski definition) is 5. The van der Waals surface area contributed by atoms with Crippen LogP contribution in [0.3, 0.4) is 0 Å². The summed E-state index contributed by atoms with van der Waals surface area (Å²) in [5.74, 6) is 0.0273. The maximum atomic E-state index is 13.4. The number of aromatic amines is 1. The first-order chi connectivity index (χ1) is 17.4. The van der Waals surface area contributed by atoms with Crippen molar-refractivity contribution in [3.05, 3.63) is 36.0 Å². The van der Waals surface area contributed by atoms with Gasteiger partial charge < -0.3 is 30.0 Å². The minimum absolute atomic E-state index is 0.00937. The second-order valence-electron chi connectivity index (χ2n) is 12.5. The van der Waals surface area contributed by atoms with Crippen molar-refractivity contribution < 1.29 is 24.0 Å². The predicted molar refractivity (Wildman–Crippen MR) is 143 cm³/mol. The molecular formula is C28H40BN3O5. The summed E-state index contributed by atoms with van der Waals surface area (Å²) in [5.41, 5.74) is 1.01. The first-order valence-electron chi connectivity index (χ1n) is 13.6. The van der Waals surface area contributed by atoms with E-state index in [0.29, 0.717) is 24.0 Å². The van der Waals surface area contributed by atoms with Gasteiger partial charge in [-0.1, -0.05) is 45.9 Å². The van der Waals surface area contributed by atoms with E-state index in [1.54, 1.807) is 6.07 Å². The Morgan fingerprint density at radius 2 is 1.89 bits per heavy atom. The van der Waals surface area contributed by atoms with E-state index in [2.05, 4.69) is 50.2 Å². The summed E-state index contributed by atoms with van der Waals surface area (Å²) in [4.78, 5) is 29.5. The van der Waals surface area contributed by atoms with Crippen LogP contribution in [0.25, 0.3) is 10.9 Å². The molecule has 200 valence electrons. The quantitative estimate of drug-likeness (QED) is 0.408. The van der Waals surface area contributed by atoms with Gasteiger partial charge in [-0.25, -0.2) is 0 Å². The highest BCUT2D eigenvalue weighted by Gasteiger charge is 2.68. The number of aliphatic hydroxyl groups excluding tert-OH is 1. The maximum absolute atomic E-state index is 13.4. The summed E-state index contributed by atoms with van der Waals surface area (Å²) in [7, 11) is -0.574. The van der Waals surface area contributed by atoms with Gasteiger partial charge in [0.15, 0.2) is 0 Å². The molecule has 4 fully saturated rings. The first kappa shape index (κ1) is 26.3. The van der Waals surface area contributed by atoms with Crippen molar-refractivity contribution in [1.82, 2.24) is 15.6 Å². The van der Waals surface area contributed by atoms with Crippen molar-refractivity contribution in [2.45, 2.75) is 90.6 Å². The number of fused-ring (bicyclic) bond motifs is 1. The fraction of sp³-hybridized carbons (Fsp3) is 0.643. The Morgan fingerprint density at radius 3 is 2.54 bits per heavy atom. The third-order valence-electron chi connectivity index (χ3n) is 9.18. The topological polar surface area (TPSA) is 113 Å². The van der Waals surface area contributed by atoms with E-state index < -0.39 is 37.0 Å². The highest BCUT2D eigenvalue weighted by molar-refractivity contribution is 6.48. The Bertz CT molecular complexity index is 1150. The summed E-state index contributed by atoms with van der Waals surface area (Å²) in [6.07, 6.45) is 1.69. The van der Waals surface area contributed by atoms with Gasteiger partial charge in [0.1, 0.15) is 11.7 Å². The molecule has 8 nitrogen and oxygen atoms in total. The van der Waals surface area contributed by atoms with E-state index in [9.17, 15) is 14.7 Å². The maximum Gasteiger partial charge on any atom is 0.481 e. The molecule has 2 amide bonds. The van der Waals surface area contributed by atoms with E-state index in [-0.39, 0.29) is 23.0 Å². The van der Waals surface area contributed by atoms with Crippen LogP contribution in [0.4, 0.5) is 0 Å². The number of benzene rings is 1. The molecule has 1 aromatic heterocycles. The summed E-state index contributed by atoms with van der Waals surface area (Å²) in [6, 6.07) is 8.18.